The van der Waals surface area contributed by atoms with Gasteiger partial charge in [-0.3, -0.25) is 9.79 Å². The predicted octanol–water partition coefficient (Wildman–Crippen LogP) is 0.558. The molecule has 0 fully saturated rings. The molecule has 0 bridgehead atoms. The Morgan fingerprint density at radius 1 is 1.82 bits per heavy atom. The van der Waals surface area contributed by atoms with Crippen LogP contribution in [-0.2, 0) is 4.79 Å². The van der Waals surface area contributed by atoms with Gasteiger partial charge >= 0.3 is 0 Å². The Morgan fingerprint density at radius 3 is 2.91 bits per heavy atom. The number of allylic oxidation sites excluding steroid dienone is 1. The molecule has 4 heteroatoms. The fourth-order valence-electron chi connectivity index (χ4n) is 0.833. The van der Waals surface area contributed by atoms with E-state index in [2.05, 4.69) is 4.99 Å². The number of carbonyl (C=O) groups excluding carboxylic acids is 1. The molecule has 2 N–H and O–H groups in total. The largest absolute Gasteiger partial charge is 0.323 e. The van der Waals surface area contributed by atoms with Gasteiger partial charge in [-0.1, -0.05) is 0 Å². The van der Waals surface area contributed by atoms with Gasteiger partial charge in [-0.05, 0) is 6.92 Å². The third-order valence-corrected chi connectivity index (χ3v) is 1.41. The van der Waals surface area contributed by atoms with Crippen LogP contribution in [0.4, 0.5) is 4.39 Å². The van der Waals surface area contributed by atoms with Crippen LogP contribution in [0, 0.1) is 0 Å². The second-order valence-electron chi connectivity index (χ2n) is 2.43. The summed E-state index contributed by atoms with van der Waals surface area (Å²) in [6.07, 6.45) is 1.42. The van der Waals surface area contributed by atoms with E-state index in [1.165, 1.54) is 6.21 Å². The van der Waals surface area contributed by atoms with Gasteiger partial charge in [0.1, 0.15) is 0 Å². The van der Waals surface area contributed by atoms with E-state index in [1.54, 1.807) is 6.92 Å². The Balaban J connectivity index is 2.98. The molecule has 0 saturated carbocycles. The van der Waals surface area contributed by atoms with Crippen molar-refractivity contribution in [2.45, 2.75) is 19.4 Å². The number of carbonyl (C=O) groups is 1. The third-order valence-electron chi connectivity index (χ3n) is 1.41. The van der Waals surface area contributed by atoms with E-state index in [0.29, 0.717) is 0 Å². The molecule has 0 aromatic rings. The van der Waals surface area contributed by atoms with Crippen LogP contribution in [0.3, 0.4) is 0 Å². The van der Waals surface area contributed by atoms with Crippen molar-refractivity contribution in [3.05, 3.63) is 11.5 Å². The average molecular weight is 156 g/mol. The molecule has 60 valence electrons. The zero-order valence-corrected chi connectivity index (χ0v) is 6.17. The zero-order chi connectivity index (χ0) is 8.43. The highest BCUT2D eigenvalue weighted by Crippen LogP contribution is 2.16. The maximum atomic E-state index is 12.8. The predicted molar refractivity (Wildman–Crippen MR) is 39.9 cm³/mol. The molecule has 1 aliphatic heterocycles. The molecule has 0 amide bonds. The second-order valence-corrected chi connectivity index (χ2v) is 2.43. The van der Waals surface area contributed by atoms with E-state index in [-0.39, 0.29) is 12.1 Å². The molecule has 0 saturated heterocycles. The molecule has 0 unspecified atom stereocenters. The minimum absolute atomic E-state index is 0.0437. The van der Waals surface area contributed by atoms with Crippen molar-refractivity contribution in [1.29, 1.82) is 0 Å². The van der Waals surface area contributed by atoms with Gasteiger partial charge in [-0.2, -0.15) is 0 Å². The highest BCUT2D eigenvalue weighted by atomic mass is 19.1. The first-order valence-electron chi connectivity index (χ1n) is 3.34. The van der Waals surface area contributed by atoms with Crippen LogP contribution in [0.15, 0.2) is 16.5 Å². The summed E-state index contributed by atoms with van der Waals surface area (Å²) in [5, 5.41) is 0. The highest BCUT2D eigenvalue weighted by molar-refractivity contribution is 6.04. The van der Waals surface area contributed by atoms with Gasteiger partial charge in [0.25, 0.3) is 0 Å². The molecular formula is C7H9FN2O. The van der Waals surface area contributed by atoms with Crippen molar-refractivity contribution in [3.8, 4) is 0 Å². The molecule has 1 rings (SSSR count). The molecule has 1 heterocycles. The summed E-state index contributed by atoms with van der Waals surface area (Å²) >= 11 is 0. The van der Waals surface area contributed by atoms with Gasteiger partial charge in [0, 0.05) is 18.7 Å². The summed E-state index contributed by atoms with van der Waals surface area (Å²) in [5.41, 5.74) is 5.41. The summed E-state index contributed by atoms with van der Waals surface area (Å²) in [6, 6.07) is -0.518. The Kier molecular flexibility index (Phi) is 2.14. The van der Waals surface area contributed by atoms with Crippen LogP contribution in [-0.4, -0.2) is 18.0 Å². The van der Waals surface area contributed by atoms with Crippen molar-refractivity contribution in [2.75, 3.05) is 0 Å². The standard InChI is InChI=1S/C7H9FN2O/c1-4(9)7-6(8)5(11)2-3-10-7/h3-4H,2,9H2,1H3/t4-/m1/s1. The van der Waals surface area contributed by atoms with Crippen molar-refractivity contribution < 1.29 is 9.18 Å². The third kappa shape index (κ3) is 1.51. The van der Waals surface area contributed by atoms with E-state index in [9.17, 15) is 9.18 Å². The minimum Gasteiger partial charge on any atom is -0.323 e. The van der Waals surface area contributed by atoms with E-state index in [0.717, 1.165) is 0 Å². The molecule has 0 aromatic heterocycles. The summed E-state index contributed by atoms with van der Waals surface area (Å²) in [6.45, 7) is 1.59. The van der Waals surface area contributed by atoms with Gasteiger partial charge in [0.2, 0.25) is 0 Å². The average Bonchev–Trinajstić information content (AvgIpc) is 1.94. The van der Waals surface area contributed by atoms with Crippen LogP contribution in [0.1, 0.15) is 13.3 Å². The lowest BCUT2D eigenvalue weighted by atomic mass is 10.1. The van der Waals surface area contributed by atoms with Gasteiger partial charge in [-0.15, -0.1) is 0 Å². The number of nitrogens with two attached hydrogens (primary N) is 1. The molecule has 1 atom stereocenters. The molecule has 0 spiro atoms. The summed E-state index contributed by atoms with van der Waals surface area (Å²) < 4.78 is 12.8. The Bertz CT molecular complexity index is 243. The van der Waals surface area contributed by atoms with Crippen LogP contribution < -0.4 is 5.73 Å². The van der Waals surface area contributed by atoms with Gasteiger partial charge < -0.3 is 5.73 Å². The number of aliphatic imine (C=N–C) groups is 1. The van der Waals surface area contributed by atoms with Gasteiger partial charge in [-0.25, -0.2) is 4.39 Å². The van der Waals surface area contributed by atoms with Gasteiger partial charge in [0.05, 0.1) is 5.70 Å². The number of nitrogens with zero attached hydrogens (tertiary/aromatic N) is 1. The van der Waals surface area contributed by atoms with Crippen molar-refractivity contribution in [2.24, 2.45) is 10.7 Å². The monoisotopic (exact) mass is 156 g/mol. The van der Waals surface area contributed by atoms with Crippen LogP contribution in [0.5, 0.6) is 0 Å². The SMILES string of the molecule is C[C@@H](N)C1=C(F)C(=O)CC=N1. The lowest BCUT2D eigenvalue weighted by Crippen LogP contribution is -2.22. The maximum Gasteiger partial charge on any atom is 0.198 e. The van der Waals surface area contributed by atoms with Crippen LogP contribution >= 0.6 is 0 Å². The highest BCUT2D eigenvalue weighted by Gasteiger charge is 2.19. The molecule has 11 heavy (non-hydrogen) atoms. The lowest BCUT2D eigenvalue weighted by Gasteiger charge is -2.10. The van der Waals surface area contributed by atoms with E-state index < -0.39 is 17.7 Å². The summed E-state index contributed by atoms with van der Waals surface area (Å²) in [5.74, 6) is -1.32. The van der Waals surface area contributed by atoms with Crippen molar-refractivity contribution in [3.63, 3.8) is 0 Å². The maximum absolute atomic E-state index is 12.8. The number of Topliss-reactive ketones (excluding diaryl/α,β-unsaturated/α-hetero) is 1. The molecule has 0 aliphatic carbocycles. The van der Waals surface area contributed by atoms with E-state index in [1.807, 2.05) is 0 Å². The smallest absolute Gasteiger partial charge is 0.198 e. The van der Waals surface area contributed by atoms with Gasteiger partial charge in [0.15, 0.2) is 11.6 Å². The summed E-state index contributed by atoms with van der Waals surface area (Å²) in [7, 11) is 0. The first-order valence-corrected chi connectivity index (χ1v) is 3.34. The van der Waals surface area contributed by atoms with Crippen LogP contribution in [0.25, 0.3) is 0 Å². The van der Waals surface area contributed by atoms with Crippen molar-refractivity contribution >= 4 is 12.0 Å². The summed E-state index contributed by atoms with van der Waals surface area (Å²) in [4.78, 5) is 14.4. The second kappa shape index (κ2) is 2.92. The Labute approximate surface area is 63.8 Å². The topological polar surface area (TPSA) is 55.5 Å². The first kappa shape index (κ1) is 8.07. The number of hydrogen-bond acceptors (Lipinski definition) is 3. The zero-order valence-electron chi connectivity index (χ0n) is 6.17. The minimum atomic E-state index is -0.789. The lowest BCUT2D eigenvalue weighted by molar-refractivity contribution is -0.116. The number of rotatable bonds is 1. The van der Waals surface area contributed by atoms with Crippen LogP contribution in [0.2, 0.25) is 0 Å². The molecule has 1 aliphatic rings. The fourth-order valence-corrected chi connectivity index (χ4v) is 0.833. The first-order chi connectivity index (χ1) is 5.13. The molecule has 0 radical (unpaired) electrons. The van der Waals surface area contributed by atoms with E-state index >= 15 is 0 Å². The van der Waals surface area contributed by atoms with E-state index in [4.69, 9.17) is 5.73 Å². The van der Waals surface area contributed by atoms with Crippen molar-refractivity contribution in [1.82, 2.24) is 0 Å². The number of hydrogen-bond donors (Lipinski definition) is 1. The Hall–Kier alpha value is -1.03. The fraction of sp³-hybridized carbons (Fsp3) is 0.429. The quantitative estimate of drug-likeness (QED) is 0.603. The Morgan fingerprint density at radius 2 is 2.45 bits per heavy atom. The number of ketones is 1. The number of halogens is 1. The molecule has 3 nitrogen and oxygen atoms in total. The molecular weight excluding hydrogens is 147 g/mol. The normalized spacial score (nSPS) is 20.8. The molecule has 0 aromatic carbocycles.